The highest BCUT2D eigenvalue weighted by atomic mass is 35.5. The van der Waals surface area contributed by atoms with Gasteiger partial charge in [0.2, 0.25) is 0 Å². The summed E-state index contributed by atoms with van der Waals surface area (Å²) < 4.78 is 42.4. The van der Waals surface area contributed by atoms with Crippen LogP contribution in [0.2, 0.25) is 5.02 Å². The summed E-state index contributed by atoms with van der Waals surface area (Å²) in [7, 11) is 0. The van der Waals surface area contributed by atoms with E-state index < -0.39 is 11.7 Å². The molecule has 1 heterocycles. The Morgan fingerprint density at radius 2 is 2.07 bits per heavy atom. The van der Waals surface area contributed by atoms with Crippen molar-refractivity contribution in [3.63, 3.8) is 0 Å². The van der Waals surface area contributed by atoms with E-state index in [1.807, 2.05) is 0 Å². The van der Waals surface area contributed by atoms with E-state index >= 15 is 0 Å². The zero-order chi connectivity index (χ0) is 11.1. The maximum absolute atomic E-state index is 12.5. The number of epoxide rings is 1. The predicted molar refractivity (Wildman–Crippen MR) is 49.9 cm³/mol. The van der Waals surface area contributed by atoms with Crippen LogP contribution in [0.1, 0.15) is 11.1 Å². The minimum Gasteiger partial charge on any atom is -0.373 e. The summed E-state index contributed by atoms with van der Waals surface area (Å²) in [5.74, 6) is 0. The number of ether oxygens (including phenoxy) is 1. The molecule has 1 aromatic rings. The molecule has 0 bridgehead atoms. The van der Waals surface area contributed by atoms with E-state index in [1.54, 1.807) is 6.07 Å². The first-order valence-electron chi connectivity index (χ1n) is 4.44. The van der Waals surface area contributed by atoms with Crippen LogP contribution in [0.25, 0.3) is 0 Å². The van der Waals surface area contributed by atoms with Gasteiger partial charge in [-0.3, -0.25) is 0 Å². The van der Waals surface area contributed by atoms with E-state index in [-0.39, 0.29) is 11.1 Å². The van der Waals surface area contributed by atoms with Crippen LogP contribution in [0.15, 0.2) is 18.2 Å². The monoisotopic (exact) mass is 236 g/mol. The average Bonchev–Trinajstić information content (AvgIpc) is 2.90. The molecule has 0 aromatic heterocycles. The number of hydrogen-bond acceptors (Lipinski definition) is 1. The van der Waals surface area contributed by atoms with Gasteiger partial charge < -0.3 is 4.74 Å². The minimum absolute atomic E-state index is 0.0762. The fourth-order valence-corrected chi connectivity index (χ4v) is 1.59. The zero-order valence-electron chi connectivity index (χ0n) is 7.64. The third kappa shape index (κ3) is 2.63. The highest BCUT2D eigenvalue weighted by Gasteiger charge is 2.33. The molecule has 0 saturated carbocycles. The number of rotatable bonds is 2. The Balaban J connectivity index is 2.27. The van der Waals surface area contributed by atoms with E-state index in [0.717, 1.165) is 6.07 Å². The summed E-state index contributed by atoms with van der Waals surface area (Å²) in [6, 6.07) is 3.96. The quantitative estimate of drug-likeness (QED) is 0.718. The number of alkyl halides is 3. The van der Waals surface area contributed by atoms with Gasteiger partial charge in [0.05, 0.1) is 23.3 Å². The Morgan fingerprint density at radius 1 is 1.40 bits per heavy atom. The maximum atomic E-state index is 12.5. The van der Waals surface area contributed by atoms with Crippen LogP contribution in [-0.2, 0) is 17.3 Å². The molecule has 1 fully saturated rings. The third-order valence-electron chi connectivity index (χ3n) is 2.20. The summed E-state index contributed by atoms with van der Waals surface area (Å²) in [6.07, 6.45) is -3.80. The van der Waals surface area contributed by atoms with Crippen LogP contribution in [0.5, 0.6) is 0 Å². The molecule has 1 aliphatic rings. The second kappa shape index (κ2) is 3.68. The van der Waals surface area contributed by atoms with Gasteiger partial charge in [-0.1, -0.05) is 17.7 Å². The normalized spacial score (nSPS) is 20.4. The molecule has 1 aromatic carbocycles. The first kappa shape index (κ1) is 10.8. The molecule has 1 saturated heterocycles. The third-order valence-corrected chi connectivity index (χ3v) is 2.53. The largest absolute Gasteiger partial charge is 0.417 e. The predicted octanol–water partition coefficient (Wildman–Crippen LogP) is 3.30. The lowest BCUT2D eigenvalue weighted by Crippen LogP contribution is -2.07. The molecule has 1 unspecified atom stereocenters. The highest BCUT2D eigenvalue weighted by Crippen LogP contribution is 2.35. The van der Waals surface area contributed by atoms with Crippen LogP contribution in [0, 0.1) is 0 Å². The fraction of sp³-hybridized carbons (Fsp3) is 0.400. The highest BCUT2D eigenvalue weighted by molar-refractivity contribution is 6.31. The Kier molecular flexibility index (Phi) is 2.64. The smallest absolute Gasteiger partial charge is 0.373 e. The summed E-state index contributed by atoms with van der Waals surface area (Å²) >= 11 is 5.48. The minimum atomic E-state index is -4.39. The Morgan fingerprint density at radius 3 is 2.60 bits per heavy atom. The molecule has 15 heavy (non-hydrogen) atoms. The molecule has 0 N–H and O–H groups in total. The molecule has 0 spiro atoms. The van der Waals surface area contributed by atoms with Gasteiger partial charge in [-0.25, -0.2) is 0 Å². The zero-order valence-corrected chi connectivity index (χ0v) is 8.40. The maximum Gasteiger partial charge on any atom is 0.417 e. The van der Waals surface area contributed by atoms with Crippen molar-refractivity contribution in [1.82, 2.24) is 0 Å². The van der Waals surface area contributed by atoms with Gasteiger partial charge in [-0.2, -0.15) is 13.2 Å². The Hall–Kier alpha value is -0.740. The number of halogens is 4. The summed E-state index contributed by atoms with van der Waals surface area (Å²) in [4.78, 5) is 0. The molecule has 82 valence electrons. The molecule has 2 rings (SSSR count). The van der Waals surface area contributed by atoms with Crippen molar-refractivity contribution < 1.29 is 17.9 Å². The lowest BCUT2D eigenvalue weighted by Gasteiger charge is -2.10. The first-order chi connectivity index (χ1) is 6.97. The Labute approximate surface area is 89.8 Å². The molecule has 0 amide bonds. The van der Waals surface area contributed by atoms with Crippen LogP contribution in [0.4, 0.5) is 13.2 Å². The van der Waals surface area contributed by atoms with Gasteiger partial charge in [-0.05, 0) is 17.7 Å². The van der Waals surface area contributed by atoms with Crippen LogP contribution >= 0.6 is 11.6 Å². The van der Waals surface area contributed by atoms with Crippen LogP contribution in [0.3, 0.4) is 0 Å². The lowest BCUT2D eigenvalue weighted by molar-refractivity contribution is -0.137. The number of benzene rings is 1. The van der Waals surface area contributed by atoms with Gasteiger partial charge in [0.15, 0.2) is 0 Å². The van der Waals surface area contributed by atoms with Crippen LogP contribution < -0.4 is 0 Å². The van der Waals surface area contributed by atoms with Crippen molar-refractivity contribution in [3.05, 3.63) is 34.3 Å². The second-order valence-corrected chi connectivity index (χ2v) is 3.88. The van der Waals surface area contributed by atoms with Crippen molar-refractivity contribution in [2.75, 3.05) is 6.61 Å². The second-order valence-electron chi connectivity index (χ2n) is 3.47. The van der Waals surface area contributed by atoms with Crippen LogP contribution in [-0.4, -0.2) is 12.7 Å². The van der Waals surface area contributed by atoms with E-state index in [1.165, 1.54) is 6.07 Å². The Bertz CT molecular complexity index is 371. The van der Waals surface area contributed by atoms with E-state index in [0.29, 0.717) is 18.6 Å². The van der Waals surface area contributed by atoms with Gasteiger partial charge in [0.1, 0.15) is 0 Å². The summed E-state index contributed by atoms with van der Waals surface area (Å²) in [5, 5.41) is -0.261. The van der Waals surface area contributed by atoms with E-state index in [9.17, 15) is 13.2 Å². The van der Waals surface area contributed by atoms with E-state index in [4.69, 9.17) is 16.3 Å². The number of hydrogen-bond donors (Lipinski definition) is 0. The average molecular weight is 237 g/mol. The van der Waals surface area contributed by atoms with Gasteiger partial charge >= 0.3 is 6.18 Å². The van der Waals surface area contributed by atoms with Crippen molar-refractivity contribution in [3.8, 4) is 0 Å². The molecule has 1 nitrogen and oxygen atoms in total. The molecule has 0 radical (unpaired) electrons. The fourth-order valence-electron chi connectivity index (χ4n) is 1.37. The molecule has 1 atom stereocenters. The van der Waals surface area contributed by atoms with Gasteiger partial charge in [0, 0.05) is 6.42 Å². The van der Waals surface area contributed by atoms with Crippen molar-refractivity contribution in [2.45, 2.75) is 18.7 Å². The molecule has 0 aliphatic carbocycles. The van der Waals surface area contributed by atoms with Gasteiger partial charge in [0.25, 0.3) is 0 Å². The molecular formula is C10H8ClF3O. The molecule has 1 aliphatic heterocycles. The van der Waals surface area contributed by atoms with Gasteiger partial charge in [-0.15, -0.1) is 0 Å². The molecular weight excluding hydrogens is 229 g/mol. The van der Waals surface area contributed by atoms with Crippen molar-refractivity contribution in [2.24, 2.45) is 0 Å². The molecule has 5 heteroatoms. The topological polar surface area (TPSA) is 12.5 Å². The first-order valence-corrected chi connectivity index (χ1v) is 4.82. The standard InChI is InChI=1S/C10H8ClF3O/c11-9-2-1-6(3-7-5-15-7)4-8(9)10(12,13)14/h1-2,4,7H,3,5H2. The van der Waals surface area contributed by atoms with Crippen molar-refractivity contribution in [1.29, 1.82) is 0 Å². The summed E-state index contributed by atoms with van der Waals surface area (Å²) in [6.45, 7) is 0.629. The summed E-state index contributed by atoms with van der Waals surface area (Å²) in [5.41, 5.74) is -0.170. The SMILES string of the molecule is FC(F)(F)c1cc(CC2CO2)ccc1Cl. The van der Waals surface area contributed by atoms with Crippen molar-refractivity contribution >= 4 is 11.6 Å². The van der Waals surface area contributed by atoms with E-state index in [2.05, 4.69) is 0 Å². The lowest BCUT2D eigenvalue weighted by atomic mass is 10.1.